The Balaban J connectivity index is 3.74. The van der Waals surface area contributed by atoms with E-state index in [0.717, 1.165) is 0 Å². The lowest BCUT2D eigenvalue weighted by Crippen LogP contribution is -2.26. The van der Waals surface area contributed by atoms with Gasteiger partial charge in [0.25, 0.3) is 0 Å². The molecular formula is C8H16O4. The average Bonchev–Trinajstić information content (AvgIpc) is 1.82. The van der Waals surface area contributed by atoms with Crippen LogP contribution in [-0.2, 0) is 9.53 Å². The lowest BCUT2D eigenvalue weighted by molar-refractivity contribution is -0.160. The molecule has 0 aliphatic rings. The first kappa shape index (κ1) is 11.4. The van der Waals surface area contributed by atoms with Crippen molar-refractivity contribution in [3.63, 3.8) is 0 Å². The van der Waals surface area contributed by atoms with Crippen molar-refractivity contribution < 1.29 is 19.7 Å². The van der Waals surface area contributed by atoms with E-state index in [1.54, 1.807) is 6.92 Å². The fourth-order valence-corrected chi connectivity index (χ4v) is 1.10. The summed E-state index contributed by atoms with van der Waals surface area (Å²) in [5.74, 6) is -2.11. The van der Waals surface area contributed by atoms with Crippen LogP contribution < -0.4 is 0 Å². The molecule has 0 fully saturated rings. The fourth-order valence-electron chi connectivity index (χ4n) is 1.10. The highest BCUT2D eigenvalue weighted by Gasteiger charge is 2.21. The molecule has 0 rings (SSSR count). The highest BCUT2D eigenvalue weighted by atomic mass is 16.5. The van der Waals surface area contributed by atoms with E-state index in [9.17, 15) is 4.79 Å². The van der Waals surface area contributed by atoms with Crippen molar-refractivity contribution in [1.29, 1.82) is 0 Å². The number of hydrogen-bond donors (Lipinski definition) is 2. The highest BCUT2D eigenvalue weighted by Crippen LogP contribution is 2.16. The molecule has 4 nitrogen and oxygen atoms in total. The van der Waals surface area contributed by atoms with Gasteiger partial charge in [0.15, 0.2) is 5.79 Å². The van der Waals surface area contributed by atoms with E-state index in [2.05, 4.69) is 4.74 Å². The van der Waals surface area contributed by atoms with E-state index in [1.807, 2.05) is 0 Å². The van der Waals surface area contributed by atoms with Crippen molar-refractivity contribution in [1.82, 2.24) is 0 Å². The SMILES string of the molecule is COC(=O)C[C@H](C)CC(C)(O)O. The molecule has 0 aromatic rings. The zero-order valence-electron chi connectivity index (χ0n) is 7.70. The minimum Gasteiger partial charge on any atom is -0.469 e. The molecule has 12 heavy (non-hydrogen) atoms. The molecule has 0 aliphatic carbocycles. The number of hydrogen-bond acceptors (Lipinski definition) is 4. The molecule has 0 heterocycles. The molecule has 0 spiro atoms. The molecule has 0 saturated carbocycles. The van der Waals surface area contributed by atoms with Crippen LogP contribution in [0.2, 0.25) is 0 Å². The summed E-state index contributed by atoms with van der Waals surface area (Å²) in [4.78, 5) is 10.7. The molecular weight excluding hydrogens is 160 g/mol. The van der Waals surface area contributed by atoms with Crippen LogP contribution in [0.15, 0.2) is 0 Å². The summed E-state index contributed by atoms with van der Waals surface area (Å²) in [6.07, 6.45) is 0.384. The van der Waals surface area contributed by atoms with E-state index in [1.165, 1.54) is 14.0 Å². The summed E-state index contributed by atoms with van der Waals surface area (Å²) in [5, 5.41) is 18.0. The number of esters is 1. The van der Waals surface area contributed by atoms with Crippen LogP contribution in [-0.4, -0.2) is 29.1 Å². The van der Waals surface area contributed by atoms with Crippen molar-refractivity contribution >= 4 is 5.97 Å². The maximum atomic E-state index is 10.7. The summed E-state index contributed by atoms with van der Waals surface area (Å²) in [7, 11) is 1.31. The third-order valence-corrected chi connectivity index (χ3v) is 1.48. The first-order valence-corrected chi connectivity index (χ1v) is 3.86. The van der Waals surface area contributed by atoms with Crippen LogP contribution in [0.1, 0.15) is 26.7 Å². The van der Waals surface area contributed by atoms with Gasteiger partial charge in [0.05, 0.1) is 7.11 Å². The van der Waals surface area contributed by atoms with E-state index in [4.69, 9.17) is 10.2 Å². The topological polar surface area (TPSA) is 66.8 Å². The van der Waals surface area contributed by atoms with Gasteiger partial charge in [-0.25, -0.2) is 0 Å². The molecule has 0 unspecified atom stereocenters. The van der Waals surface area contributed by atoms with E-state index < -0.39 is 5.79 Å². The zero-order valence-corrected chi connectivity index (χ0v) is 7.70. The van der Waals surface area contributed by atoms with Crippen LogP contribution in [0, 0.1) is 5.92 Å². The highest BCUT2D eigenvalue weighted by molar-refractivity contribution is 5.69. The van der Waals surface area contributed by atoms with Gasteiger partial charge in [0.1, 0.15) is 0 Å². The van der Waals surface area contributed by atoms with Gasteiger partial charge in [-0.3, -0.25) is 4.79 Å². The number of ether oxygens (including phenoxy) is 1. The van der Waals surface area contributed by atoms with Gasteiger partial charge in [-0.2, -0.15) is 0 Å². The van der Waals surface area contributed by atoms with Crippen molar-refractivity contribution in [3.8, 4) is 0 Å². The summed E-state index contributed by atoms with van der Waals surface area (Å²) in [6.45, 7) is 3.06. The van der Waals surface area contributed by atoms with Crippen LogP contribution in [0.25, 0.3) is 0 Å². The van der Waals surface area contributed by atoms with Gasteiger partial charge in [-0.05, 0) is 12.8 Å². The summed E-state index contributed by atoms with van der Waals surface area (Å²) in [5.41, 5.74) is 0. The first-order valence-electron chi connectivity index (χ1n) is 3.86. The number of carbonyl (C=O) groups excluding carboxylic acids is 1. The predicted molar refractivity (Wildman–Crippen MR) is 43.3 cm³/mol. The molecule has 0 aliphatic heterocycles. The largest absolute Gasteiger partial charge is 0.469 e. The first-order chi connectivity index (χ1) is 5.35. The maximum absolute atomic E-state index is 10.7. The Morgan fingerprint density at radius 3 is 2.42 bits per heavy atom. The van der Waals surface area contributed by atoms with Crippen molar-refractivity contribution in [3.05, 3.63) is 0 Å². The van der Waals surface area contributed by atoms with Gasteiger partial charge in [-0.1, -0.05) is 6.92 Å². The van der Waals surface area contributed by atoms with Crippen LogP contribution in [0.3, 0.4) is 0 Å². The van der Waals surface area contributed by atoms with Gasteiger partial charge < -0.3 is 14.9 Å². The second-order valence-corrected chi connectivity index (χ2v) is 3.31. The smallest absolute Gasteiger partial charge is 0.305 e. The third kappa shape index (κ3) is 6.12. The van der Waals surface area contributed by atoms with E-state index in [0.29, 0.717) is 0 Å². The van der Waals surface area contributed by atoms with Crippen molar-refractivity contribution in [2.45, 2.75) is 32.5 Å². The summed E-state index contributed by atoms with van der Waals surface area (Å²) < 4.78 is 4.43. The lowest BCUT2D eigenvalue weighted by Gasteiger charge is -2.19. The monoisotopic (exact) mass is 176 g/mol. The fraction of sp³-hybridized carbons (Fsp3) is 0.875. The standard InChI is InChI=1S/C8H16O4/c1-6(4-7(9)12-3)5-8(2,10)11/h6,10-11H,4-5H2,1-3H3/t6-/m0/s1. The molecule has 0 saturated heterocycles. The third-order valence-electron chi connectivity index (χ3n) is 1.48. The van der Waals surface area contributed by atoms with Crippen molar-refractivity contribution in [2.75, 3.05) is 7.11 Å². The molecule has 2 N–H and O–H groups in total. The molecule has 0 amide bonds. The molecule has 0 bridgehead atoms. The Morgan fingerprint density at radius 1 is 1.58 bits per heavy atom. The quantitative estimate of drug-likeness (QED) is 0.477. The second kappa shape index (κ2) is 4.42. The van der Waals surface area contributed by atoms with Crippen LogP contribution in [0.5, 0.6) is 0 Å². The molecule has 0 aromatic carbocycles. The van der Waals surface area contributed by atoms with Gasteiger partial charge in [0.2, 0.25) is 0 Å². The zero-order chi connectivity index (χ0) is 9.78. The molecule has 1 atom stereocenters. The van der Waals surface area contributed by atoms with Crippen molar-refractivity contribution in [2.24, 2.45) is 5.92 Å². The second-order valence-electron chi connectivity index (χ2n) is 3.31. The van der Waals surface area contributed by atoms with Gasteiger partial charge >= 0.3 is 5.97 Å². The Bertz CT molecular complexity index is 148. The Hall–Kier alpha value is -0.610. The minimum absolute atomic E-state index is 0.0857. The Kier molecular flexibility index (Phi) is 4.20. The number of rotatable bonds is 4. The number of aliphatic hydroxyl groups is 2. The Morgan fingerprint density at radius 2 is 2.08 bits per heavy atom. The molecule has 4 heteroatoms. The summed E-state index contributed by atoms with van der Waals surface area (Å²) in [6, 6.07) is 0. The average molecular weight is 176 g/mol. The lowest BCUT2D eigenvalue weighted by atomic mass is 9.99. The molecule has 0 radical (unpaired) electrons. The summed E-state index contributed by atoms with van der Waals surface area (Å²) >= 11 is 0. The van der Waals surface area contributed by atoms with E-state index >= 15 is 0 Å². The molecule has 0 aromatic heterocycles. The molecule has 72 valence electrons. The maximum Gasteiger partial charge on any atom is 0.305 e. The number of methoxy groups -OCH3 is 1. The Labute approximate surface area is 72.2 Å². The van der Waals surface area contributed by atoms with Gasteiger partial charge in [-0.15, -0.1) is 0 Å². The predicted octanol–water partition coefficient (Wildman–Crippen LogP) is 0.277. The minimum atomic E-state index is -1.70. The van der Waals surface area contributed by atoms with E-state index in [-0.39, 0.29) is 24.7 Å². The van der Waals surface area contributed by atoms with Crippen LogP contribution >= 0.6 is 0 Å². The number of carbonyl (C=O) groups is 1. The van der Waals surface area contributed by atoms with Gasteiger partial charge in [0, 0.05) is 12.8 Å². The van der Waals surface area contributed by atoms with Crippen LogP contribution in [0.4, 0.5) is 0 Å². The normalized spacial score (nSPS) is 14.1.